The van der Waals surface area contributed by atoms with Gasteiger partial charge in [-0.2, -0.15) is 0 Å². The molecule has 0 aliphatic heterocycles. The number of aromatic carboxylic acids is 1. The number of carbonyl (C=O) groups excluding carboxylic acids is 1. The molecule has 1 aromatic carbocycles. The van der Waals surface area contributed by atoms with E-state index in [1.54, 1.807) is 19.9 Å². The zero-order valence-electron chi connectivity index (χ0n) is 13.9. The van der Waals surface area contributed by atoms with Gasteiger partial charge in [-0.3, -0.25) is 9.52 Å². The number of hydrogen-bond donors (Lipinski definition) is 3. The van der Waals surface area contributed by atoms with Gasteiger partial charge in [-0.15, -0.1) is 11.3 Å². The van der Waals surface area contributed by atoms with E-state index in [1.807, 2.05) is 0 Å². The predicted molar refractivity (Wildman–Crippen MR) is 95.5 cm³/mol. The van der Waals surface area contributed by atoms with Crippen LogP contribution < -0.4 is 10.0 Å². The Balaban J connectivity index is 2.29. The van der Waals surface area contributed by atoms with Crippen LogP contribution in [0, 0.1) is 6.92 Å². The van der Waals surface area contributed by atoms with Crippen LogP contribution in [0.5, 0.6) is 0 Å². The number of amides is 1. The number of nitrogens with one attached hydrogen (secondary N) is 2. The highest BCUT2D eigenvalue weighted by Gasteiger charge is 2.21. The van der Waals surface area contributed by atoms with E-state index in [-0.39, 0.29) is 27.4 Å². The molecule has 0 bridgehead atoms. The van der Waals surface area contributed by atoms with E-state index >= 15 is 0 Å². The molecular weight excluding hydrogens is 364 g/mol. The summed E-state index contributed by atoms with van der Waals surface area (Å²) in [6.45, 7) is 4.69. The van der Waals surface area contributed by atoms with Gasteiger partial charge >= 0.3 is 5.97 Å². The maximum Gasteiger partial charge on any atom is 0.336 e. The number of hydrogen-bond acceptors (Lipinski definition) is 5. The molecular formula is C16H18N2O5S2. The highest BCUT2D eigenvalue weighted by Crippen LogP contribution is 2.29. The summed E-state index contributed by atoms with van der Waals surface area (Å²) >= 11 is 1.04. The number of carbonyl (C=O) groups is 2. The second kappa shape index (κ2) is 7.24. The van der Waals surface area contributed by atoms with Gasteiger partial charge in [-0.1, -0.05) is 6.07 Å². The number of sulfonamides is 1. The average molecular weight is 382 g/mol. The Kier molecular flexibility index (Phi) is 5.48. The molecule has 1 amide bonds. The van der Waals surface area contributed by atoms with E-state index in [2.05, 4.69) is 10.0 Å². The number of benzene rings is 1. The van der Waals surface area contributed by atoms with E-state index in [1.165, 1.54) is 31.2 Å². The SMILES string of the molecule is CC(=O)NC(C)c1ccc(S(=O)(=O)Nc2cccc(C(=O)O)c2C)s1. The summed E-state index contributed by atoms with van der Waals surface area (Å²) < 4.78 is 27.6. The molecule has 0 radical (unpaired) electrons. The molecule has 0 saturated heterocycles. The maximum atomic E-state index is 12.6. The van der Waals surface area contributed by atoms with Crippen LogP contribution in [-0.2, 0) is 14.8 Å². The van der Waals surface area contributed by atoms with Gasteiger partial charge in [0.2, 0.25) is 5.91 Å². The molecule has 0 fully saturated rings. The predicted octanol–water partition coefficient (Wildman–Crippen LogP) is 2.75. The largest absolute Gasteiger partial charge is 0.478 e. The van der Waals surface area contributed by atoms with Crippen LogP contribution in [0.15, 0.2) is 34.5 Å². The molecule has 0 saturated carbocycles. The van der Waals surface area contributed by atoms with Crippen molar-refractivity contribution in [3.05, 3.63) is 46.3 Å². The monoisotopic (exact) mass is 382 g/mol. The normalized spacial score (nSPS) is 12.4. The first-order valence-corrected chi connectivity index (χ1v) is 9.64. The van der Waals surface area contributed by atoms with Crippen LogP contribution in [-0.4, -0.2) is 25.4 Å². The van der Waals surface area contributed by atoms with E-state index in [9.17, 15) is 18.0 Å². The molecule has 2 aromatic rings. The van der Waals surface area contributed by atoms with Crippen LogP contribution in [0.25, 0.3) is 0 Å². The van der Waals surface area contributed by atoms with Gasteiger partial charge in [-0.05, 0) is 43.7 Å². The minimum atomic E-state index is -3.86. The number of thiophene rings is 1. The summed E-state index contributed by atoms with van der Waals surface area (Å²) in [4.78, 5) is 23.0. The molecule has 9 heteroatoms. The lowest BCUT2D eigenvalue weighted by molar-refractivity contribution is -0.119. The highest BCUT2D eigenvalue weighted by molar-refractivity contribution is 7.94. The van der Waals surface area contributed by atoms with Gasteiger partial charge in [0.05, 0.1) is 17.3 Å². The third-order valence-corrected chi connectivity index (χ3v) is 6.65. The summed E-state index contributed by atoms with van der Waals surface area (Å²) in [6.07, 6.45) is 0. The molecule has 3 N–H and O–H groups in total. The van der Waals surface area contributed by atoms with Crippen LogP contribution >= 0.6 is 11.3 Å². The van der Waals surface area contributed by atoms with Crippen LogP contribution in [0.1, 0.15) is 40.7 Å². The van der Waals surface area contributed by atoms with E-state index in [0.717, 1.165) is 11.3 Å². The molecule has 2 rings (SSSR count). The van der Waals surface area contributed by atoms with E-state index in [4.69, 9.17) is 5.11 Å². The minimum Gasteiger partial charge on any atom is -0.478 e. The summed E-state index contributed by atoms with van der Waals surface area (Å²) in [5.41, 5.74) is 0.582. The maximum absolute atomic E-state index is 12.6. The lowest BCUT2D eigenvalue weighted by Gasteiger charge is -2.11. The third kappa shape index (κ3) is 4.37. The van der Waals surface area contributed by atoms with Crippen LogP contribution in [0.2, 0.25) is 0 Å². The number of rotatable bonds is 6. The Morgan fingerprint density at radius 1 is 1.20 bits per heavy atom. The Hall–Kier alpha value is -2.39. The average Bonchev–Trinajstić information content (AvgIpc) is 2.99. The molecule has 1 heterocycles. The number of carboxylic acid groups (broad SMARTS) is 1. The summed E-state index contributed by atoms with van der Waals surface area (Å²) in [5, 5.41) is 11.8. The first-order chi connectivity index (χ1) is 11.6. The van der Waals surface area contributed by atoms with Crippen molar-refractivity contribution < 1.29 is 23.1 Å². The van der Waals surface area contributed by atoms with Crippen molar-refractivity contribution in [1.29, 1.82) is 0 Å². The zero-order valence-corrected chi connectivity index (χ0v) is 15.5. The third-order valence-electron chi connectivity index (χ3n) is 3.52. The fourth-order valence-electron chi connectivity index (χ4n) is 2.26. The Bertz CT molecular complexity index is 918. The van der Waals surface area contributed by atoms with Gasteiger partial charge < -0.3 is 10.4 Å². The van der Waals surface area contributed by atoms with Crippen molar-refractivity contribution in [2.45, 2.75) is 31.0 Å². The smallest absolute Gasteiger partial charge is 0.336 e. The Labute approximate surface area is 149 Å². The fraction of sp³-hybridized carbons (Fsp3) is 0.250. The van der Waals surface area contributed by atoms with Crippen molar-refractivity contribution in [2.24, 2.45) is 0 Å². The molecule has 1 unspecified atom stereocenters. The summed E-state index contributed by atoms with van der Waals surface area (Å²) in [6, 6.07) is 7.19. The molecule has 134 valence electrons. The Morgan fingerprint density at radius 3 is 2.48 bits per heavy atom. The van der Waals surface area contributed by atoms with E-state index in [0.29, 0.717) is 10.4 Å². The number of carboxylic acids is 1. The lowest BCUT2D eigenvalue weighted by atomic mass is 10.1. The Morgan fingerprint density at radius 2 is 1.88 bits per heavy atom. The molecule has 7 nitrogen and oxygen atoms in total. The standard InChI is InChI=1S/C16H18N2O5S2/c1-9-12(16(20)21)5-4-6-13(9)18-25(22,23)15-8-7-14(24-15)10(2)17-11(3)19/h4-8,10,18H,1-3H3,(H,17,19)(H,20,21). The zero-order chi connectivity index (χ0) is 18.8. The second-order valence-corrected chi connectivity index (χ2v) is 8.49. The molecule has 25 heavy (non-hydrogen) atoms. The van der Waals surface area contributed by atoms with Crippen molar-refractivity contribution in [3.8, 4) is 0 Å². The first kappa shape index (κ1) is 18.9. The lowest BCUT2D eigenvalue weighted by Crippen LogP contribution is -2.22. The summed E-state index contributed by atoms with van der Waals surface area (Å²) in [7, 11) is -3.86. The summed E-state index contributed by atoms with van der Waals surface area (Å²) in [5.74, 6) is -1.33. The van der Waals surface area contributed by atoms with Crippen molar-refractivity contribution >= 4 is 38.9 Å². The van der Waals surface area contributed by atoms with Crippen LogP contribution in [0.4, 0.5) is 5.69 Å². The fourth-order valence-corrected chi connectivity index (χ4v) is 4.71. The topological polar surface area (TPSA) is 113 Å². The van der Waals surface area contributed by atoms with Gasteiger partial charge in [-0.25, -0.2) is 13.2 Å². The van der Waals surface area contributed by atoms with Crippen molar-refractivity contribution in [1.82, 2.24) is 5.32 Å². The van der Waals surface area contributed by atoms with Gasteiger partial charge in [0.25, 0.3) is 10.0 Å². The molecule has 0 aliphatic rings. The quantitative estimate of drug-likeness (QED) is 0.711. The highest BCUT2D eigenvalue weighted by atomic mass is 32.2. The van der Waals surface area contributed by atoms with Gasteiger partial charge in [0, 0.05) is 11.8 Å². The van der Waals surface area contributed by atoms with Crippen molar-refractivity contribution in [3.63, 3.8) is 0 Å². The van der Waals surface area contributed by atoms with Crippen molar-refractivity contribution in [2.75, 3.05) is 4.72 Å². The van der Waals surface area contributed by atoms with E-state index < -0.39 is 16.0 Å². The molecule has 1 atom stereocenters. The number of anilines is 1. The second-order valence-electron chi connectivity index (χ2n) is 5.47. The molecule has 0 spiro atoms. The van der Waals surface area contributed by atoms with Gasteiger partial charge in [0.1, 0.15) is 4.21 Å². The molecule has 0 aliphatic carbocycles. The van der Waals surface area contributed by atoms with Crippen LogP contribution in [0.3, 0.4) is 0 Å². The molecule has 1 aromatic heterocycles. The van der Waals surface area contributed by atoms with Gasteiger partial charge in [0.15, 0.2) is 0 Å². The first-order valence-electron chi connectivity index (χ1n) is 7.34. The minimum absolute atomic E-state index is 0.0337.